The van der Waals surface area contributed by atoms with Gasteiger partial charge in [-0.3, -0.25) is 4.68 Å². The van der Waals surface area contributed by atoms with E-state index in [1.54, 1.807) is 11.0 Å². The summed E-state index contributed by atoms with van der Waals surface area (Å²) >= 11 is 0. The van der Waals surface area contributed by atoms with Crippen LogP contribution in [0.5, 0.6) is 0 Å². The lowest BCUT2D eigenvalue weighted by molar-refractivity contribution is 0.579. The van der Waals surface area contributed by atoms with Crippen LogP contribution in [0.25, 0.3) is 0 Å². The van der Waals surface area contributed by atoms with Gasteiger partial charge < -0.3 is 5.73 Å². The number of nitrogens with two attached hydrogens (primary N) is 1. The van der Waals surface area contributed by atoms with Crippen molar-refractivity contribution in [2.45, 2.75) is 25.9 Å². The first-order chi connectivity index (χ1) is 5.86. The minimum Gasteiger partial charge on any atom is -0.324 e. The summed E-state index contributed by atoms with van der Waals surface area (Å²) in [5, 5.41) is 4.11. The molecule has 1 aromatic heterocycles. The van der Waals surface area contributed by atoms with Crippen molar-refractivity contribution in [3.63, 3.8) is 0 Å². The molecule has 0 aliphatic heterocycles. The van der Waals surface area contributed by atoms with Gasteiger partial charge in [0.15, 0.2) is 5.82 Å². The highest BCUT2D eigenvalue weighted by atomic mass is 15.3. The van der Waals surface area contributed by atoms with Crippen molar-refractivity contribution in [1.29, 1.82) is 0 Å². The van der Waals surface area contributed by atoms with Crippen molar-refractivity contribution in [1.82, 2.24) is 14.8 Å². The molecule has 0 spiro atoms. The van der Waals surface area contributed by atoms with E-state index < -0.39 is 0 Å². The molecular formula is C8H12N4. The van der Waals surface area contributed by atoms with Gasteiger partial charge in [0.2, 0.25) is 0 Å². The number of hydrogen-bond acceptors (Lipinski definition) is 3. The Balaban J connectivity index is 2.37. The van der Waals surface area contributed by atoms with Crippen LogP contribution in [0.4, 0.5) is 0 Å². The number of unbranched alkanes of at least 4 members (excludes halogenated alkanes) is 1. The molecule has 1 heterocycles. The van der Waals surface area contributed by atoms with E-state index in [1.165, 1.54) is 0 Å². The first-order valence-corrected chi connectivity index (χ1v) is 3.88. The lowest BCUT2D eigenvalue weighted by Gasteiger charge is -1.95. The Morgan fingerprint density at radius 2 is 2.50 bits per heavy atom. The molecule has 4 nitrogen and oxygen atoms in total. The molecular weight excluding hydrogens is 152 g/mol. The third-order valence-electron chi connectivity index (χ3n) is 1.47. The van der Waals surface area contributed by atoms with E-state index in [0.717, 1.165) is 19.4 Å². The van der Waals surface area contributed by atoms with Gasteiger partial charge in [0.25, 0.3) is 0 Å². The highest BCUT2D eigenvalue weighted by molar-refractivity contribution is 4.83. The zero-order chi connectivity index (χ0) is 8.81. The van der Waals surface area contributed by atoms with Crippen LogP contribution in [-0.2, 0) is 13.1 Å². The van der Waals surface area contributed by atoms with Gasteiger partial charge in [-0.05, 0) is 6.42 Å². The average molecular weight is 164 g/mol. The van der Waals surface area contributed by atoms with Crippen molar-refractivity contribution >= 4 is 0 Å². The molecule has 64 valence electrons. The average Bonchev–Trinajstić information content (AvgIpc) is 2.53. The largest absolute Gasteiger partial charge is 0.324 e. The standard InChI is InChI=1S/C8H12N4/c1-2-3-4-5-12-7-10-8(6-9)11-12/h1,7H,3-6,9H2. The summed E-state index contributed by atoms with van der Waals surface area (Å²) in [6.45, 7) is 1.21. The molecule has 0 saturated carbocycles. The number of nitrogens with zero attached hydrogens (tertiary/aromatic N) is 3. The van der Waals surface area contributed by atoms with Crippen LogP contribution in [0.3, 0.4) is 0 Å². The van der Waals surface area contributed by atoms with Gasteiger partial charge in [0.05, 0.1) is 6.54 Å². The Hall–Kier alpha value is -1.34. The summed E-state index contributed by atoms with van der Waals surface area (Å²) in [4.78, 5) is 3.99. The first kappa shape index (κ1) is 8.75. The topological polar surface area (TPSA) is 56.7 Å². The summed E-state index contributed by atoms with van der Waals surface area (Å²) in [5.41, 5.74) is 5.35. The van der Waals surface area contributed by atoms with E-state index >= 15 is 0 Å². The Labute approximate surface area is 71.8 Å². The fourth-order valence-corrected chi connectivity index (χ4v) is 0.878. The van der Waals surface area contributed by atoms with E-state index in [-0.39, 0.29) is 0 Å². The Bertz CT molecular complexity index is 271. The fraction of sp³-hybridized carbons (Fsp3) is 0.500. The van der Waals surface area contributed by atoms with Crippen molar-refractivity contribution in [3.05, 3.63) is 12.2 Å². The molecule has 0 fully saturated rings. The quantitative estimate of drug-likeness (QED) is 0.509. The summed E-state index contributed by atoms with van der Waals surface area (Å²) < 4.78 is 1.76. The molecule has 0 radical (unpaired) electrons. The molecule has 0 saturated heterocycles. The van der Waals surface area contributed by atoms with Gasteiger partial charge in [-0.1, -0.05) is 0 Å². The van der Waals surface area contributed by atoms with E-state index in [0.29, 0.717) is 12.4 Å². The molecule has 4 heteroatoms. The second-order valence-corrected chi connectivity index (χ2v) is 2.44. The molecule has 1 aromatic rings. The third kappa shape index (κ3) is 2.36. The van der Waals surface area contributed by atoms with Crippen molar-refractivity contribution in [2.24, 2.45) is 5.73 Å². The van der Waals surface area contributed by atoms with Gasteiger partial charge >= 0.3 is 0 Å². The molecule has 0 atom stereocenters. The lowest BCUT2D eigenvalue weighted by Crippen LogP contribution is -2.02. The van der Waals surface area contributed by atoms with Crippen molar-refractivity contribution in [3.8, 4) is 12.3 Å². The Morgan fingerprint density at radius 3 is 3.08 bits per heavy atom. The number of terminal acetylenes is 1. The van der Waals surface area contributed by atoms with Gasteiger partial charge in [0, 0.05) is 13.0 Å². The Morgan fingerprint density at radius 1 is 1.67 bits per heavy atom. The van der Waals surface area contributed by atoms with Gasteiger partial charge in [-0.15, -0.1) is 12.3 Å². The Kier molecular flexibility index (Phi) is 3.30. The van der Waals surface area contributed by atoms with Crippen LogP contribution in [0.2, 0.25) is 0 Å². The van der Waals surface area contributed by atoms with Gasteiger partial charge in [-0.2, -0.15) is 5.10 Å². The molecule has 12 heavy (non-hydrogen) atoms. The van der Waals surface area contributed by atoms with E-state index in [4.69, 9.17) is 12.2 Å². The minimum atomic E-state index is 0.391. The highest BCUT2D eigenvalue weighted by Gasteiger charge is 1.96. The maximum Gasteiger partial charge on any atom is 0.164 e. The fourth-order valence-electron chi connectivity index (χ4n) is 0.878. The first-order valence-electron chi connectivity index (χ1n) is 3.88. The van der Waals surface area contributed by atoms with E-state index in [9.17, 15) is 0 Å². The predicted molar refractivity (Wildman–Crippen MR) is 46.0 cm³/mol. The van der Waals surface area contributed by atoms with Crippen LogP contribution in [0.15, 0.2) is 6.33 Å². The maximum atomic E-state index is 5.35. The normalized spacial score (nSPS) is 9.67. The van der Waals surface area contributed by atoms with Gasteiger partial charge in [-0.25, -0.2) is 4.98 Å². The lowest BCUT2D eigenvalue weighted by atomic mass is 10.3. The zero-order valence-corrected chi connectivity index (χ0v) is 6.90. The summed E-state index contributed by atoms with van der Waals surface area (Å²) in [6, 6.07) is 0. The van der Waals surface area contributed by atoms with Crippen LogP contribution in [0, 0.1) is 12.3 Å². The molecule has 0 bridgehead atoms. The highest BCUT2D eigenvalue weighted by Crippen LogP contribution is 1.93. The number of rotatable bonds is 4. The van der Waals surface area contributed by atoms with Crippen LogP contribution >= 0.6 is 0 Å². The second kappa shape index (κ2) is 4.52. The molecule has 0 aromatic carbocycles. The molecule has 0 amide bonds. The number of hydrogen-bond donors (Lipinski definition) is 1. The monoisotopic (exact) mass is 164 g/mol. The van der Waals surface area contributed by atoms with E-state index in [2.05, 4.69) is 16.0 Å². The molecule has 1 rings (SSSR count). The molecule has 2 N–H and O–H groups in total. The van der Waals surface area contributed by atoms with Crippen LogP contribution in [0.1, 0.15) is 18.7 Å². The maximum absolute atomic E-state index is 5.35. The van der Waals surface area contributed by atoms with Gasteiger partial charge in [0.1, 0.15) is 6.33 Å². The number of aromatic nitrogens is 3. The SMILES string of the molecule is C#CCCCn1cnc(CN)n1. The predicted octanol–water partition coefficient (Wildman–Crippen LogP) is 0.150. The van der Waals surface area contributed by atoms with E-state index in [1.807, 2.05) is 0 Å². The van der Waals surface area contributed by atoms with Crippen molar-refractivity contribution in [2.75, 3.05) is 0 Å². The molecule has 0 aliphatic carbocycles. The molecule has 0 aliphatic rings. The summed E-state index contributed by atoms with van der Waals surface area (Å²) in [7, 11) is 0. The zero-order valence-electron chi connectivity index (χ0n) is 6.90. The smallest absolute Gasteiger partial charge is 0.164 e. The minimum absolute atomic E-state index is 0.391. The number of aryl methyl sites for hydroxylation is 1. The summed E-state index contributed by atoms with van der Waals surface area (Å²) in [6.07, 6.45) is 8.50. The van der Waals surface area contributed by atoms with Crippen molar-refractivity contribution < 1.29 is 0 Å². The van der Waals surface area contributed by atoms with Crippen LogP contribution in [-0.4, -0.2) is 14.8 Å². The molecule has 0 unspecified atom stereocenters. The third-order valence-corrected chi connectivity index (χ3v) is 1.47. The second-order valence-electron chi connectivity index (χ2n) is 2.44. The van der Waals surface area contributed by atoms with Crippen LogP contribution < -0.4 is 5.73 Å². The summed E-state index contributed by atoms with van der Waals surface area (Å²) in [5.74, 6) is 3.25.